The molecule has 7 nitrogen and oxygen atoms in total. The second kappa shape index (κ2) is 5.80. The minimum atomic E-state index is 0.175. The van der Waals surface area contributed by atoms with Crippen molar-refractivity contribution in [1.29, 1.82) is 0 Å². The average molecular weight is 296 g/mol. The molecule has 0 aliphatic rings. The van der Waals surface area contributed by atoms with Gasteiger partial charge in [0.2, 0.25) is 11.9 Å². The molecule has 0 saturated heterocycles. The van der Waals surface area contributed by atoms with E-state index in [0.29, 0.717) is 17.5 Å². The van der Waals surface area contributed by atoms with E-state index >= 15 is 0 Å². The number of aromatic nitrogens is 4. The number of nitrogen functional groups attached to an aromatic ring is 1. The maximum absolute atomic E-state index is 5.70. The van der Waals surface area contributed by atoms with Gasteiger partial charge in [0.1, 0.15) is 12.4 Å². The zero-order chi connectivity index (χ0) is 15.5. The SMILES string of the molecule is CN(C)c1nc(N)nc(COc2cnc3ccccc3c2)n1. The van der Waals surface area contributed by atoms with Gasteiger partial charge in [-0.15, -0.1) is 0 Å². The Balaban J connectivity index is 1.78. The minimum Gasteiger partial charge on any atom is -0.484 e. The number of anilines is 2. The molecule has 3 aromatic rings. The van der Waals surface area contributed by atoms with Crippen molar-refractivity contribution in [3.05, 3.63) is 42.4 Å². The summed E-state index contributed by atoms with van der Waals surface area (Å²) in [6.45, 7) is 0.202. The molecule has 2 heterocycles. The van der Waals surface area contributed by atoms with E-state index in [1.165, 1.54) is 0 Å². The monoisotopic (exact) mass is 296 g/mol. The number of fused-ring (bicyclic) bond motifs is 1. The number of nitrogens with two attached hydrogens (primary N) is 1. The van der Waals surface area contributed by atoms with E-state index in [-0.39, 0.29) is 12.6 Å². The Bertz CT molecular complexity index is 805. The molecule has 22 heavy (non-hydrogen) atoms. The molecule has 0 fully saturated rings. The van der Waals surface area contributed by atoms with E-state index in [2.05, 4.69) is 19.9 Å². The van der Waals surface area contributed by atoms with E-state index in [1.54, 1.807) is 11.1 Å². The van der Waals surface area contributed by atoms with Crippen molar-refractivity contribution in [3.63, 3.8) is 0 Å². The summed E-state index contributed by atoms with van der Waals surface area (Å²) in [6.07, 6.45) is 1.68. The molecule has 0 bridgehead atoms. The summed E-state index contributed by atoms with van der Waals surface area (Å²) >= 11 is 0. The highest BCUT2D eigenvalue weighted by atomic mass is 16.5. The molecule has 2 N–H and O–H groups in total. The summed E-state index contributed by atoms with van der Waals surface area (Å²) in [5, 5.41) is 1.02. The quantitative estimate of drug-likeness (QED) is 0.782. The first-order valence-corrected chi connectivity index (χ1v) is 6.77. The van der Waals surface area contributed by atoms with Crippen LogP contribution in [0.4, 0.5) is 11.9 Å². The van der Waals surface area contributed by atoms with Crippen LogP contribution in [0.3, 0.4) is 0 Å². The zero-order valence-electron chi connectivity index (χ0n) is 12.4. The minimum absolute atomic E-state index is 0.175. The number of benzene rings is 1. The number of nitrogens with zero attached hydrogens (tertiary/aromatic N) is 5. The molecule has 0 saturated carbocycles. The van der Waals surface area contributed by atoms with Gasteiger partial charge in [-0.1, -0.05) is 18.2 Å². The third kappa shape index (κ3) is 3.03. The fourth-order valence-electron chi connectivity index (χ4n) is 1.97. The largest absolute Gasteiger partial charge is 0.484 e. The van der Waals surface area contributed by atoms with Crippen molar-refractivity contribution in [2.45, 2.75) is 6.61 Å². The van der Waals surface area contributed by atoms with Crippen molar-refractivity contribution in [2.75, 3.05) is 24.7 Å². The van der Waals surface area contributed by atoms with Crippen LogP contribution in [0.15, 0.2) is 36.5 Å². The molecular formula is C15H16N6O. The van der Waals surface area contributed by atoms with Crippen LogP contribution >= 0.6 is 0 Å². The number of hydrogen-bond donors (Lipinski definition) is 1. The third-order valence-corrected chi connectivity index (χ3v) is 3.02. The molecule has 0 aliphatic carbocycles. The Morgan fingerprint density at radius 1 is 1.14 bits per heavy atom. The van der Waals surface area contributed by atoms with Crippen LogP contribution in [0.2, 0.25) is 0 Å². The van der Waals surface area contributed by atoms with Crippen LogP contribution < -0.4 is 15.4 Å². The van der Waals surface area contributed by atoms with Crippen LogP contribution in [0, 0.1) is 0 Å². The highest BCUT2D eigenvalue weighted by Crippen LogP contribution is 2.18. The first kappa shape index (κ1) is 14.0. The lowest BCUT2D eigenvalue weighted by atomic mass is 10.2. The number of ether oxygens (including phenoxy) is 1. The maximum Gasteiger partial charge on any atom is 0.230 e. The van der Waals surface area contributed by atoms with Crippen LogP contribution in [0.25, 0.3) is 10.9 Å². The number of hydrogen-bond acceptors (Lipinski definition) is 7. The summed E-state index contributed by atoms with van der Waals surface area (Å²) in [7, 11) is 3.68. The highest BCUT2D eigenvalue weighted by Gasteiger charge is 2.07. The molecular weight excluding hydrogens is 280 g/mol. The zero-order valence-corrected chi connectivity index (χ0v) is 12.4. The Morgan fingerprint density at radius 3 is 2.77 bits per heavy atom. The Kier molecular flexibility index (Phi) is 3.69. The summed E-state index contributed by atoms with van der Waals surface area (Å²) < 4.78 is 5.70. The average Bonchev–Trinajstić information content (AvgIpc) is 2.52. The highest BCUT2D eigenvalue weighted by molar-refractivity contribution is 5.79. The number of para-hydroxylation sites is 1. The van der Waals surface area contributed by atoms with Gasteiger partial charge >= 0.3 is 0 Å². The second-order valence-electron chi connectivity index (χ2n) is 4.96. The van der Waals surface area contributed by atoms with Crippen LogP contribution in [-0.4, -0.2) is 34.0 Å². The maximum atomic E-state index is 5.70. The molecule has 0 unspecified atom stereocenters. The molecule has 0 atom stereocenters. The lowest BCUT2D eigenvalue weighted by molar-refractivity contribution is 0.295. The van der Waals surface area contributed by atoms with E-state index in [9.17, 15) is 0 Å². The molecule has 0 radical (unpaired) electrons. The molecule has 3 rings (SSSR count). The molecule has 0 amide bonds. The summed E-state index contributed by atoms with van der Waals surface area (Å²) in [4.78, 5) is 18.5. The molecule has 0 aliphatic heterocycles. The van der Waals surface area contributed by atoms with Gasteiger partial charge in [0.25, 0.3) is 0 Å². The van der Waals surface area contributed by atoms with Crippen molar-refractivity contribution < 1.29 is 4.74 Å². The van der Waals surface area contributed by atoms with E-state index in [1.807, 2.05) is 44.4 Å². The van der Waals surface area contributed by atoms with Crippen LogP contribution in [-0.2, 0) is 6.61 Å². The van der Waals surface area contributed by atoms with Gasteiger partial charge in [-0.2, -0.15) is 15.0 Å². The predicted octanol–water partition coefficient (Wildman–Crippen LogP) is 1.65. The predicted molar refractivity (Wildman–Crippen MR) is 84.6 cm³/mol. The number of rotatable bonds is 4. The Hall–Kier alpha value is -2.96. The normalized spacial score (nSPS) is 10.6. The topological polar surface area (TPSA) is 90.1 Å². The van der Waals surface area contributed by atoms with Gasteiger partial charge in [-0.3, -0.25) is 4.98 Å². The van der Waals surface area contributed by atoms with Gasteiger partial charge in [-0.05, 0) is 12.1 Å². The molecule has 1 aromatic carbocycles. The van der Waals surface area contributed by atoms with Gasteiger partial charge < -0.3 is 15.4 Å². The van der Waals surface area contributed by atoms with Crippen molar-refractivity contribution in [2.24, 2.45) is 0 Å². The molecule has 0 spiro atoms. The summed E-state index contributed by atoms with van der Waals surface area (Å²) in [5.41, 5.74) is 6.61. The Labute approximate surface area is 127 Å². The summed E-state index contributed by atoms with van der Waals surface area (Å²) in [6, 6.07) is 9.78. The third-order valence-electron chi connectivity index (χ3n) is 3.02. The van der Waals surface area contributed by atoms with Crippen LogP contribution in [0.5, 0.6) is 5.75 Å². The van der Waals surface area contributed by atoms with E-state index < -0.39 is 0 Å². The van der Waals surface area contributed by atoms with Crippen LogP contribution in [0.1, 0.15) is 5.82 Å². The van der Waals surface area contributed by atoms with Crippen molar-refractivity contribution in [3.8, 4) is 5.75 Å². The lowest BCUT2D eigenvalue weighted by Gasteiger charge is -2.12. The van der Waals surface area contributed by atoms with Gasteiger partial charge in [-0.25, -0.2) is 0 Å². The summed E-state index contributed by atoms with van der Waals surface area (Å²) in [5.74, 6) is 1.81. The van der Waals surface area contributed by atoms with Crippen molar-refractivity contribution in [1.82, 2.24) is 19.9 Å². The number of pyridine rings is 1. The van der Waals surface area contributed by atoms with Gasteiger partial charge in [0, 0.05) is 19.5 Å². The lowest BCUT2D eigenvalue weighted by Crippen LogP contribution is -2.16. The molecule has 7 heteroatoms. The molecule has 112 valence electrons. The van der Waals surface area contributed by atoms with E-state index in [0.717, 1.165) is 10.9 Å². The first-order chi connectivity index (χ1) is 10.6. The van der Waals surface area contributed by atoms with E-state index in [4.69, 9.17) is 10.5 Å². The standard InChI is InChI=1S/C15H16N6O/c1-21(2)15-19-13(18-14(16)20-15)9-22-11-7-10-5-3-4-6-12(10)17-8-11/h3-8H,9H2,1-2H3,(H2,16,18,19,20). The van der Waals surface area contributed by atoms with Crippen molar-refractivity contribution >= 4 is 22.8 Å². The molecule has 2 aromatic heterocycles. The second-order valence-corrected chi connectivity index (χ2v) is 4.96. The fourth-order valence-corrected chi connectivity index (χ4v) is 1.97. The fraction of sp³-hybridized carbons (Fsp3) is 0.200. The van der Waals surface area contributed by atoms with Gasteiger partial charge in [0.15, 0.2) is 5.82 Å². The Morgan fingerprint density at radius 2 is 1.95 bits per heavy atom. The van der Waals surface area contributed by atoms with Gasteiger partial charge in [0.05, 0.1) is 11.7 Å². The first-order valence-electron chi connectivity index (χ1n) is 6.77. The smallest absolute Gasteiger partial charge is 0.230 e.